The van der Waals surface area contributed by atoms with E-state index in [0.717, 1.165) is 0 Å². The minimum absolute atomic E-state index is 0.169. The van der Waals surface area contributed by atoms with Gasteiger partial charge in [-0.1, -0.05) is 0 Å². The Balaban J connectivity index is 4.00. The molecular weight excluding hydrogens is 188 g/mol. The molecule has 0 amide bonds. The quantitative estimate of drug-likeness (QED) is 0.281. The summed E-state index contributed by atoms with van der Waals surface area (Å²) in [5.41, 5.74) is 0. The SMILES string of the molecule is C=C(OC(=O)CC(C)=O)C(=O)OCC. The lowest BCUT2D eigenvalue weighted by Crippen LogP contribution is -2.15. The van der Waals surface area contributed by atoms with Crippen LogP contribution in [-0.4, -0.2) is 24.3 Å². The molecule has 0 aromatic rings. The largest absolute Gasteiger partial charge is 0.460 e. The molecule has 0 spiro atoms. The first-order valence-electron chi connectivity index (χ1n) is 4.03. The molecule has 0 atom stereocenters. The summed E-state index contributed by atoms with van der Waals surface area (Å²) in [7, 11) is 0. The fourth-order valence-electron chi connectivity index (χ4n) is 0.630. The predicted octanol–water partition coefficient (Wildman–Crippen LogP) is 0.585. The Morgan fingerprint density at radius 3 is 2.29 bits per heavy atom. The Labute approximate surface area is 81.7 Å². The molecule has 78 valence electrons. The molecule has 0 aliphatic carbocycles. The molecule has 0 aromatic heterocycles. The predicted molar refractivity (Wildman–Crippen MR) is 47.2 cm³/mol. The molecule has 0 bridgehead atoms. The minimum Gasteiger partial charge on any atom is -0.460 e. The van der Waals surface area contributed by atoms with E-state index in [1.54, 1.807) is 6.92 Å². The molecule has 0 aromatic carbocycles. The van der Waals surface area contributed by atoms with Crippen molar-refractivity contribution < 1.29 is 23.9 Å². The normalized spacial score (nSPS) is 9.00. The lowest BCUT2D eigenvalue weighted by Gasteiger charge is -2.04. The Morgan fingerprint density at radius 1 is 1.29 bits per heavy atom. The number of carbonyl (C=O) groups excluding carboxylic acids is 3. The first-order valence-corrected chi connectivity index (χ1v) is 4.03. The van der Waals surface area contributed by atoms with E-state index in [1.165, 1.54) is 6.92 Å². The molecular formula is C9H12O5. The monoisotopic (exact) mass is 200 g/mol. The van der Waals surface area contributed by atoms with E-state index in [9.17, 15) is 14.4 Å². The average Bonchev–Trinajstić information content (AvgIpc) is 2.02. The van der Waals surface area contributed by atoms with Crippen LogP contribution < -0.4 is 0 Å². The number of ether oxygens (including phenoxy) is 2. The highest BCUT2D eigenvalue weighted by Gasteiger charge is 2.14. The van der Waals surface area contributed by atoms with Gasteiger partial charge in [0, 0.05) is 0 Å². The van der Waals surface area contributed by atoms with Gasteiger partial charge in [-0.3, -0.25) is 9.59 Å². The molecule has 5 nitrogen and oxygen atoms in total. The smallest absolute Gasteiger partial charge is 0.373 e. The van der Waals surface area contributed by atoms with Gasteiger partial charge in [-0.05, 0) is 20.4 Å². The Morgan fingerprint density at radius 2 is 1.86 bits per heavy atom. The zero-order chi connectivity index (χ0) is 11.1. The number of ketones is 1. The minimum atomic E-state index is -0.810. The fraction of sp³-hybridized carbons (Fsp3) is 0.444. The number of hydrogen-bond donors (Lipinski definition) is 0. The Bertz CT molecular complexity index is 266. The van der Waals surface area contributed by atoms with Crippen molar-refractivity contribution in [3.05, 3.63) is 12.3 Å². The first kappa shape index (κ1) is 12.3. The highest BCUT2D eigenvalue weighted by molar-refractivity contribution is 5.96. The number of carbonyl (C=O) groups is 3. The summed E-state index contributed by atoms with van der Waals surface area (Å²) in [6.07, 6.45) is -0.377. The van der Waals surface area contributed by atoms with E-state index in [-0.39, 0.29) is 18.8 Å². The Hall–Kier alpha value is -1.65. The van der Waals surface area contributed by atoms with Crippen LogP contribution in [0.4, 0.5) is 0 Å². The van der Waals surface area contributed by atoms with Crippen LogP contribution in [0.5, 0.6) is 0 Å². The van der Waals surface area contributed by atoms with Crippen LogP contribution >= 0.6 is 0 Å². The summed E-state index contributed by atoms with van der Waals surface area (Å²) in [6.45, 7) is 6.22. The molecule has 14 heavy (non-hydrogen) atoms. The molecule has 0 N–H and O–H groups in total. The van der Waals surface area contributed by atoms with E-state index in [4.69, 9.17) is 0 Å². The maximum absolute atomic E-state index is 10.9. The van der Waals surface area contributed by atoms with Gasteiger partial charge in [0.2, 0.25) is 5.76 Å². The van der Waals surface area contributed by atoms with Crippen molar-refractivity contribution in [2.24, 2.45) is 0 Å². The van der Waals surface area contributed by atoms with Gasteiger partial charge in [-0.25, -0.2) is 4.79 Å². The van der Waals surface area contributed by atoms with Crippen molar-refractivity contribution in [3.63, 3.8) is 0 Å². The van der Waals surface area contributed by atoms with E-state index in [2.05, 4.69) is 16.1 Å². The third kappa shape index (κ3) is 5.08. The van der Waals surface area contributed by atoms with Gasteiger partial charge in [0.1, 0.15) is 12.2 Å². The standard InChI is InChI=1S/C9H12O5/c1-4-13-9(12)7(3)14-8(11)5-6(2)10/h3-5H2,1-2H3. The maximum atomic E-state index is 10.9. The van der Waals surface area contributed by atoms with Crippen molar-refractivity contribution in [2.45, 2.75) is 20.3 Å². The molecule has 0 unspecified atom stereocenters. The molecule has 5 heteroatoms. The molecule has 0 radical (unpaired) electrons. The molecule has 0 aliphatic rings. The molecule has 0 rings (SSSR count). The van der Waals surface area contributed by atoms with Crippen LogP contribution in [0.2, 0.25) is 0 Å². The van der Waals surface area contributed by atoms with Crippen LogP contribution in [0.25, 0.3) is 0 Å². The summed E-state index contributed by atoms with van der Waals surface area (Å²) < 4.78 is 8.96. The fourth-order valence-corrected chi connectivity index (χ4v) is 0.630. The van der Waals surface area contributed by atoms with E-state index in [1.807, 2.05) is 0 Å². The highest BCUT2D eigenvalue weighted by Crippen LogP contribution is 2.00. The summed E-state index contributed by atoms with van der Waals surface area (Å²) in [5.74, 6) is -2.36. The van der Waals surface area contributed by atoms with Gasteiger partial charge >= 0.3 is 11.9 Å². The van der Waals surface area contributed by atoms with Crippen LogP contribution in [-0.2, 0) is 23.9 Å². The number of rotatable bonds is 5. The summed E-state index contributed by atoms with van der Waals surface area (Å²) in [6, 6.07) is 0. The van der Waals surface area contributed by atoms with Gasteiger partial charge in [-0.15, -0.1) is 0 Å². The van der Waals surface area contributed by atoms with Crippen LogP contribution in [0, 0.1) is 0 Å². The third-order valence-electron chi connectivity index (χ3n) is 1.13. The molecule has 0 aliphatic heterocycles. The first-order chi connectivity index (χ1) is 6.47. The molecule has 0 saturated heterocycles. The van der Waals surface area contributed by atoms with E-state index in [0.29, 0.717) is 0 Å². The lowest BCUT2D eigenvalue weighted by atomic mass is 10.3. The van der Waals surface area contributed by atoms with Gasteiger partial charge in [0.05, 0.1) is 6.61 Å². The van der Waals surface area contributed by atoms with Crippen molar-refractivity contribution in [1.82, 2.24) is 0 Å². The summed E-state index contributed by atoms with van der Waals surface area (Å²) in [4.78, 5) is 32.2. The number of esters is 2. The second-order valence-electron chi connectivity index (χ2n) is 2.50. The number of Topliss-reactive ketones (excluding diaryl/α,β-unsaturated/α-hetero) is 1. The second kappa shape index (κ2) is 5.90. The third-order valence-corrected chi connectivity index (χ3v) is 1.13. The van der Waals surface area contributed by atoms with Crippen molar-refractivity contribution >= 4 is 17.7 Å². The van der Waals surface area contributed by atoms with Crippen molar-refractivity contribution in [3.8, 4) is 0 Å². The van der Waals surface area contributed by atoms with E-state index >= 15 is 0 Å². The Kier molecular flexibility index (Phi) is 5.21. The highest BCUT2D eigenvalue weighted by atomic mass is 16.6. The van der Waals surface area contributed by atoms with Crippen LogP contribution in [0.1, 0.15) is 20.3 Å². The zero-order valence-electron chi connectivity index (χ0n) is 8.16. The molecule has 0 fully saturated rings. The van der Waals surface area contributed by atoms with E-state index < -0.39 is 17.7 Å². The van der Waals surface area contributed by atoms with Crippen molar-refractivity contribution in [1.29, 1.82) is 0 Å². The topological polar surface area (TPSA) is 69.7 Å². The number of hydrogen-bond acceptors (Lipinski definition) is 5. The average molecular weight is 200 g/mol. The maximum Gasteiger partial charge on any atom is 0.373 e. The molecule has 0 heterocycles. The van der Waals surface area contributed by atoms with Gasteiger partial charge in [-0.2, -0.15) is 0 Å². The van der Waals surface area contributed by atoms with Crippen molar-refractivity contribution in [2.75, 3.05) is 6.61 Å². The molecule has 0 saturated carbocycles. The summed E-state index contributed by atoms with van der Waals surface area (Å²) in [5, 5.41) is 0. The van der Waals surface area contributed by atoms with Gasteiger partial charge in [0.15, 0.2) is 0 Å². The van der Waals surface area contributed by atoms with Gasteiger partial charge in [0.25, 0.3) is 0 Å². The van der Waals surface area contributed by atoms with Gasteiger partial charge < -0.3 is 9.47 Å². The summed E-state index contributed by atoms with van der Waals surface area (Å²) >= 11 is 0. The van der Waals surface area contributed by atoms with Crippen LogP contribution in [0.15, 0.2) is 12.3 Å². The second-order valence-corrected chi connectivity index (χ2v) is 2.50. The zero-order valence-corrected chi connectivity index (χ0v) is 8.16. The van der Waals surface area contributed by atoms with Crippen LogP contribution in [0.3, 0.4) is 0 Å². The lowest BCUT2D eigenvalue weighted by molar-refractivity contribution is -0.152.